The van der Waals surface area contributed by atoms with Crippen molar-refractivity contribution < 1.29 is 46.7 Å². The topological polar surface area (TPSA) is 214 Å². The summed E-state index contributed by atoms with van der Waals surface area (Å²) in [6.07, 6.45) is 12.7. The maximum absolute atomic E-state index is 13.5. The van der Waals surface area contributed by atoms with Gasteiger partial charge in [0.1, 0.15) is 12.2 Å². The van der Waals surface area contributed by atoms with Crippen LogP contribution in [0.4, 0.5) is 17.6 Å². The fourth-order valence-electron chi connectivity index (χ4n) is 8.92. The molecule has 4 atom stereocenters. The Kier molecular flexibility index (Phi) is 14.5. The summed E-state index contributed by atoms with van der Waals surface area (Å²) in [5, 5.41) is 43.1. The predicted molar refractivity (Wildman–Crippen MR) is 245 cm³/mol. The van der Waals surface area contributed by atoms with Crippen LogP contribution in [0.25, 0.3) is 33.1 Å². The summed E-state index contributed by atoms with van der Waals surface area (Å²) in [6, 6.07) is 3.49. The molecule has 0 aromatic carbocycles. The maximum atomic E-state index is 13.5. The molecule has 2 saturated heterocycles. The van der Waals surface area contributed by atoms with Crippen LogP contribution in [0.15, 0.2) is 53.8 Å². The zero-order valence-electron chi connectivity index (χ0n) is 38.0. The van der Waals surface area contributed by atoms with Gasteiger partial charge in [0.05, 0.1) is 62.0 Å². The minimum absolute atomic E-state index is 0.0134. The molecule has 4 fully saturated rings. The number of hydrogen-bond acceptors (Lipinski definition) is 12. The summed E-state index contributed by atoms with van der Waals surface area (Å²) in [7, 11) is 1.91. The van der Waals surface area contributed by atoms with E-state index in [9.17, 15) is 37.2 Å². The lowest BCUT2D eigenvalue weighted by atomic mass is 9.85. The molecule has 6 aromatic heterocycles. The number of carbonyl (C=O) groups is 2. The van der Waals surface area contributed by atoms with Crippen LogP contribution in [0.5, 0.6) is 11.8 Å². The van der Waals surface area contributed by atoms with Gasteiger partial charge in [-0.1, -0.05) is 0 Å². The molecule has 8 heterocycles. The first-order chi connectivity index (χ1) is 32.3. The molecule has 0 bridgehead atoms. The third-order valence-electron chi connectivity index (χ3n) is 13.0. The fourth-order valence-corrected chi connectivity index (χ4v) is 9.22. The molecule has 2 amide bonds. The lowest BCUT2D eigenvalue weighted by Crippen LogP contribution is -2.34. The summed E-state index contributed by atoms with van der Waals surface area (Å²) in [4.78, 5) is 31.8. The molecule has 68 heavy (non-hydrogen) atoms. The van der Waals surface area contributed by atoms with Gasteiger partial charge >= 0.3 is 7.12 Å². The largest absolute Gasteiger partial charge is 0.508 e. The van der Waals surface area contributed by atoms with Crippen LogP contribution >= 0.6 is 15.9 Å². The van der Waals surface area contributed by atoms with E-state index in [0.29, 0.717) is 80.0 Å². The Labute approximate surface area is 397 Å². The van der Waals surface area contributed by atoms with Crippen molar-refractivity contribution in [1.82, 2.24) is 59.7 Å². The third kappa shape index (κ3) is 11.8. The standard InChI is InChI=1S/C22H26F2N6O2.C13H17BN4O4.C9H11BrF2N2/c1-13(14-7-20(31)25-9-14)32-21-17-12-29(2)28-19(17)8-18(27-21)15-10-26-30(11-15)16-3-5-22(23,24)6-4-16;1-7(8-3-12(19)15-5-8)22-13-9-6-18(2)17-10(9)4-11(16-13)14(20)21;10-7-5-13-14(6-7)8-1-3-9(11,12)4-2-8/h8,10-14,16H,3-7,9H2,1-2H3,(H,25,31);4,6-8,20-21H,3,5H2,1-2H3,(H,15,19);5-6,8H,1-4H2/t13-,14-;7-,8-;/m11./s1. The second-order valence-corrected chi connectivity index (χ2v) is 19.1. The van der Waals surface area contributed by atoms with Crippen molar-refractivity contribution in [2.45, 2.75) is 114 Å². The van der Waals surface area contributed by atoms with Crippen LogP contribution in [-0.2, 0) is 23.7 Å². The molecule has 24 heteroatoms. The number of ether oxygens (including phenoxy) is 2. The number of nitrogens with one attached hydrogen (secondary N) is 2. The number of pyridine rings is 2. The number of carbonyl (C=O) groups excluding carboxylic acids is 2. The molecule has 6 aromatic rings. The Morgan fingerprint density at radius 1 is 0.721 bits per heavy atom. The second kappa shape index (κ2) is 20.2. The molecule has 2 aliphatic carbocycles. The predicted octanol–water partition coefficient (Wildman–Crippen LogP) is 5.43. The first kappa shape index (κ1) is 48.8. The summed E-state index contributed by atoms with van der Waals surface area (Å²) < 4.78 is 72.6. The zero-order valence-corrected chi connectivity index (χ0v) is 39.6. The van der Waals surface area contributed by atoms with Crippen molar-refractivity contribution in [2.75, 3.05) is 13.1 Å². The van der Waals surface area contributed by atoms with Crippen LogP contribution < -0.4 is 25.7 Å². The quantitative estimate of drug-likeness (QED) is 0.0999. The molecular weight excluding hydrogens is 959 g/mol. The monoisotopic (exact) mass is 1010 g/mol. The Hall–Kier alpha value is -5.62. The van der Waals surface area contributed by atoms with Gasteiger partial charge in [0.25, 0.3) is 0 Å². The number of halogens is 5. The van der Waals surface area contributed by atoms with E-state index in [-0.39, 0.29) is 79.2 Å². The van der Waals surface area contributed by atoms with Crippen LogP contribution in [0.2, 0.25) is 0 Å². The first-order valence-electron chi connectivity index (χ1n) is 22.7. The van der Waals surface area contributed by atoms with Gasteiger partial charge in [0.2, 0.25) is 35.4 Å². The highest BCUT2D eigenvalue weighted by Gasteiger charge is 2.37. The van der Waals surface area contributed by atoms with E-state index in [4.69, 9.17) is 14.5 Å². The molecule has 0 spiro atoms. The van der Waals surface area contributed by atoms with E-state index in [1.54, 1.807) is 44.4 Å². The molecule has 10 rings (SSSR count). The second-order valence-electron chi connectivity index (χ2n) is 18.2. The Morgan fingerprint density at radius 2 is 1.19 bits per heavy atom. The van der Waals surface area contributed by atoms with E-state index in [2.05, 4.69) is 51.9 Å². The smallest absolute Gasteiger partial charge is 0.474 e. The molecule has 0 radical (unpaired) electrons. The molecule has 2 aliphatic heterocycles. The lowest BCUT2D eigenvalue weighted by Gasteiger charge is -2.28. The van der Waals surface area contributed by atoms with Crippen molar-refractivity contribution in [3.8, 4) is 23.0 Å². The molecule has 4 aliphatic rings. The van der Waals surface area contributed by atoms with E-state index in [0.717, 1.165) is 20.9 Å². The van der Waals surface area contributed by atoms with Gasteiger partial charge in [0, 0.05) is 108 Å². The summed E-state index contributed by atoms with van der Waals surface area (Å²) >= 11 is 3.29. The summed E-state index contributed by atoms with van der Waals surface area (Å²) in [5.41, 5.74) is 2.83. The minimum Gasteiger partial charge on any atom is -0.474 e. The van der Waals surface area contributed by atoms with Crippen LogP contribution in [0.1, 0.15) is 90.1 Å². The average Bonchev–Trinajstić information content (AvgIpc) is 4.15. The number of rotatable bonds is 10. The number of alkyl halides is 4. The number of aryl methyl sites for hydroxylation is 2. The molecular formula is C44H54BBrF4N12O6. The number of amides is 2. The number of fused-ring (bicyclic) bond motifs is 2. The van der Waals surface area contributed by atoms with Crippen molar-refractivity contribution in [3.63, 3.8) is 0 Å². The summed E-state index contributed by atoms with van der Waals surface area (Å²) in [5.74, 6) is -4.09. The van der Waals surface area contributed by atoms with Crippen molar-refractivity contribution in [3.05, 3.63) is 53.8 Å². The van der Waals surface area contributed by atoms with Gasteiger partial charge in [-0.25, -0.2) is 27.5 Å². The van der Waals surface area contributed by atoms with E-state index >= 15 is 0 Å². The van der Waals surface area contributed by atoms with Gasteiger partial charge in [-0.3, -0.25) is 28.3 Å². The Morgan fingerprint density at radius 3 is 1.65 bits per heavy atom. The lowest BCUT2D eigenvalue weighted by molar-refractivity contribution is -0.120. The highest BCUT2D eigenvalue weighted by atomic mass is 79.9. The molecule has 0 unspecified atom stereocenters. The summed E-state index contributed by atoms with van der Waals surface area (Å²) in [6.45, 7) is 4.97. The van der Waals surface area contributed by atoms with Crippen LogP contribution in [0.3, 0.4) is 0 Å². The average molecular weight is 1010 g/mol. The Balaban J connectivity index is 0.000000150. The van der Waals surface area contributed by atoms with Crippen molar-refractivity contribution >= 4 is 62.3 Å². The first-order valence-corrected chi connectivity index (χ1v) is 23.5. The highest BCUT2D eigenvalue weighted by Crippen LogP contribution is 2.40. The van der Waals surface area contributed by atoms with Gasteiger partial charge in [-0.15, -0.1) is 0 Å². The van der Waals surface area contributed by atoms with Gasteiger partial charge in [-0.05, 0) is 67.6 Å². The van der Waals surface area contributed by atoms with E-state index in [1.807, 2.05) is 45.6 Å². The fraction of sp³-hybridized carbons (Fsp3) is 0.545. The third-order valence-corrected chi connectivity index (χ3v) is 13.4. The van der Waals surface area contributed by atoms with Crippen LogP contribution in [0, 0.1) is 11.8 Å². The molecule has 364 valence electrons. The molecule has 18 nitrogen and oxygen atoms in total. The van der Waals surface area contributed by atoms with Crippen molar-refractivity contribution in [2.24, 2.45) is 25.9 Å². The van der Waals surface area contributed by atoms with E-state index < -0.39 is 19.0 Å². The minimum atomic E-state index is -2.57. The number of hydrogen-bond donors (Lipinski definition) is 4. The number of nitrogens with zero attached hydrogens (tertiary/aromatic N) is 10. The van der Waals surface area contributed by atoms with E-state index in [1.165, 1.54) is 6.07 Å². The molecule has 4 N–H and O–H groups in total. The van der Waals surface area contributed by atoms with Crippen LogP contribution in [-0.4, -0.2) is 115 Å². The maximum Gasteiger partial charge on any atom is 0.508 e. The SMILES string of the molecule is C[C@@H](Oc1nc(-c2cnn(C3CCC(F)(F)CC3)c2)cc2nn(C)cc12)[C@H]1CNC(=O)C1.C[C@@H](Oc1nc(B(O)O)cc2nn(C)cc12)[C@H]1CNC(=O)C1.FC1(F)CCC(n2cc(Br)cn2)CC1. The van der Waals surface area contributed by atoms with Crippen molar-refractivity contribution in [1.29, 1.82) is 0 Å². The zero-order chi connectivity index (χ0) is 48.5. The number of aromatic nitrogens is 10. The van der Waals surface area contributed by atoms with Gasteiger partial charge in [-0.2, -0.15) is 20.4 Å². The normalized spacial score (nSPS) is 21.3. The van der Waals surface area contributed by atoms with Gasteiger partial charge in [0.15, 0.2) is 0 Å². The highest BCUT2D eigenvalue weighted by molar-refractivity contribution is 9.10. The molecule has 2 saturated carbocycles. The Bertz CT molecular complexity index is 2730. The van der Waals surface area contributed by atoms with Gasteiger partial charge < -0.3 is 30.2 Å².